The molecule has 0 saturated carbocycles. The van der Waals surface area contributed by atoms with Gasteiger partial charge in [-0.2, -0.15) is 0 Å². The van der Waals surface area contributed by atoms with Gasteiger partial charge in [-0.3, -0.25) is 4.79 Å². The standard InChI is InChI=1S/C13H23N5O2/c1-4-5-14-11-8-12(17-9-16-11)18-10(2)13(19)15-6-7-20-3/h8-10H,4-7H2,1-3H3,(H,15,19)(H2,14,16,17,18). The third-order valence-electron chi connectivity index (χ3n) is 2.59. The maximum atomic E-state index is 11.8. The molecular formula is C13H23N5O2. The second-order valence-corrected chi connectivity index (χ2v) is 4.37. The second kappa shape index (κ2) is 9.08. The van der Waals surface area contributed by atoms with Crippen LogP contribution >= 0.6 is 0 Å². The van der Waals surface area contributed by atoms with E-state index in [9.17, 15) is 4.79 Å². The Morgan fingerprint density at radius 3 is 2.80 bits per heavy atom. The number of methoxy groups -OCH3 is 1. The van der Waals surface area contributed by atoms with Crippen molar-refractivity contribution in [3.63, 3.8) is 0 Å². The van der Waals surface area contributed by atoms with Gasteiger partial charge in [0.1, 0.15) is 24.0 Å². The number of amides is 1. The molecule has 1 aromatic heterocycles. The first-order valence-electron chi connectivity index (χ1n) is 6.76. The fraction of sp³-hybridized carbons (Fsp3) is 0.615. The summed E-state index contributed by atoms with van der Waals surface area (Å²) in [5.74, 6) is 1.27. The van der Waals surface area contributed by atoms with Gasteiger partial charge in [0.2, 0.25) is 5.91 Å². The number of hydrogen-bond acceptors (Lipinski definition) is 6. The number of hydrogen-bond donors (Lipinski definition) is 3. The molecule has 0 saturated heterocycles. The summed E-state index contributed by atoms with van der Waals surface area (Å²) in [5.41, 5.74) is 0. The van der Waals surface area contributed by atoms with Crippen LogP contribution in [-0.2, 0) is 9.53 Å². The predicted octanol–water partition coefficient (Wildman–Crippen LogP) is 0.861. The summed E-state index contributed by atoms with van der Waals surface area (Å²) < 4.78 is 4.88. The molecule has 3 N–H and O–H groups in total. The van der Waals surface area contributed by atoms with Crippen LogP contribution in [0, 0.1) is 0 Å². The lowest BCUT2D eigenvalue weighted by Crippen LogP contribution is -2.39. The molecule has 1 heterocycles. The summed E-state index contributed by atoms with van der Waals surface area (Å²) in [4.78, 5) is 20.0. The minimum Gasteiger partial charge on any atom is -0.383 e. The molecular weight excluding hydrogens is 258 g/mol. The first-order chi connectivity index (χ1) is 9.67. The lowest BCUT2D eigenvalue weighted by Gasteiger charge is -2.15. The van der Waals surface area contributed by atoms with Crippen molar-refractivity contribution in [2.45, 2.75) is 26.3 Å². The van der Waals surface area contributed by atoms with Crippen molar-refractivity contribution in [2.24, 2.45) is 0 Å². The van der Waals surface area contributed by atoms with E-state index in [0.717, 1.165) is 18.8 Å². The average Bonchev–Trinajstić information content (AvgIpc) is 2.45. The Balaban J connectivity index is 2.48. The van der Waals surface area contributed by atoms with E-state index in [1.807, 2.05) is 0 Å². The quantitative estimate of drug-likeness (QED) is 0.582. The summed E-state index contributed by atoms with van der Waals surface area (Å²) in [6, 6.07) is 1.41. The molecule has 0 spiro atoms. The highest BCUT2D eigenvalue weighted by Crippen LogP contribution is 2.09. The molecule has 0 aromatic carbocycles. The SMILES string of the molecule is CCCNc1cc(NC(C)C(=O)NCCOC)ncn1. The molecule has 1 amide bonds. The highest BCUT2D eigenvalue weighted by molar-refractivity contribution is 5.83. The molecule has 1 aromatic rings. The number of nitrogens with zero attached hydrogens (tertiary/aromatic N) is 2. The van der Waals surface area contributed by atoms with E-state index >= 15 is 0 Å². The highest BCUT2D eigenvalue weighted by Gasteiger charge is 2.12. The van der Waals surface area contributed by atoms with Gasteiger partial charge in [0.25, 0.3) is 0 Å². The maximum absolute atomic E-state index is 11.8. The van der Waals surface area contributed by atoms with Gasteiger partial charge in [-0.05, 0) is 13.3 Å². The van der Waals surface area contributed by atoms with Crippen LogP contribution in [0.2, 0.25) is 0 Å². The smallest absolute Gasteiger partial charge is 0.242 e. The van der Waals surface area contributed by atoms with Gasteiger partial charge in [0, 0.05) is 26.3 Å². The second-order valence-electron chi connectivity index (χ2n) is 4.37. The number of aromatic nitrogens is 2. The number of nitrogens with one attached hydrogen (secondary N) is 3. The fourth-order valence-corrected chi connectivity index (χ4v) is 1.50. The molecule has 0 aliphatic rings. The Kier molecular flexibility index (Phi) is 7.34. The van der Waals surface area contributed by atoms with Crippen molar-refractivity contribution in [1.82, 2.24) is 15.3 Å². The lowest BCUT2D eigenvalue weighted by molar-refractivity contribution is -0.121. The van der Waals surface area contributed by atoms with E-state index in [1.165, 1.54) is 6.33 Å². The topological polar surface area (TPSA) is 88.2 Å². The van der Waals surface area contributed by atoms with E-state index in [4.69, 9.17) is 4.74 Å². The monoisotopic (exact) mass is 281 g/mol. The van der Waals surface area contributed by atoms with Crippen molar-refractivity contribution < 1.29 is 9.53 Å². The van der Waals surface area contributed by atoms with Crippen LogP contribution in [0.1, 0.15) is 20.3 Å². The number of carbonyl (C=O) groups excluding carboxylic acids is 1. The largest absolute Gasteiger partial charge is 0.383 e. The van der Waals surface area contributed by atoms with Crippen LogP contribution in [0.4, 0.5) is 11.6 Å². The molecule has 20 heavy (non-hydrogen) atoms. The average molecular weight is 281 g/mol. The molecule has 0 radical (unpaired) electrons. The third-order valence-corrected chi connectivity index (χ3v) is 2.59. The highest BCUT2D eigenvalue weighted by atomic mass is 16.5. The molecule has 7 nitrogen and oxygen atoms in total. The van der Waals surface area contributed by atoms with E-state index < -0.39 is 0 Å². The lowest BCUT2D eigenvalue weighted by atomic mass is 10.3. The summed E-state index contributed by atoms with van der Waals surface area (Å²) in [6.45, 7) is 5.71. The summed E-state index contributed by atoms with van der Waals surface area (Å²) in [5, 5.41) is 8.98. The Morgan fingerprint density at radius 2 is 2.10 bits per heavy atom. The van der Waals surface area contributed by atoms with Gasteiger partial charge in [0.15, 0.2) is 0 Å². The zero-order valence-electron chi connectivity index (χ0n) is 12.3. The minimum absolute atomic E-state index is 0.0938. The van der Waals surface area contributed by atoms with Crippen molar-refractivity contribution in [3.8, 4) is 0 Å². The normalized spacial score (nSPS) is 11.8. The van der Waals surface area contributed by atoms with E-state index in [-0.39, 0.29) is 11.9 Å². The third kappa shape index (κ3) is 5.83. The fourth-order valence-electron chi connectivity index (χ4n) is 1.50. The number of rotatable bonds is 9. The van der Waals surface area contributed by atoms with Gasteiger partial charge in [-0.25, -0.2) is 9.97 Å². The number of ether oxygens (including phenoxy) is 1. The molecule has 112 valence electrons. The van der Waals surface area contributed by atoms with E-state index in [0.29, 0.717) is 19.0 Å². The van der Waals surface area contributed by atoms with Crippen LogP contribution in [0.15, 0.2) is 12.4 Å². The minimum atomic E-state index is -0.374. The Labute approximate surface area is 119 Å². The molecule has 1 unspecified atom stereocenters. The Bertz CT molecular complexity index is 414. The van der Waals surface area contributed by atoms with Crippen molar-refractivity contribution in [2.75, 3.05) is 37.4 Å². The van der Waals surface area contributed by atoms with Gasteiger partial charge >= 0.3 is 0 Å². The molecule has 0 fully saturated rings. The van der Waals surface area contributed by atoms with E-state index in [2.05, 4.69) is 32.8 Å². The Morgan fingerprint density at radius 1 is 1.35 bits per heavy atom. The summed E-state index contributed by atoms with van der Waals surface area (Å²) in [6.07, 6.45) is 2.49. The molecule has 7 heteroatoms. The van der Waals surface area contributed by atoms with Crippen LogP contribution in [0.5, 0.6) is 0 Å². The molecule has 1 atom stereocenters. The zero-order valence-corrected chi connectivity index (χ0v) is 12.3. The van der Waals surface area contributed by atoms with Gasteiger partial charge in [-0.1, -0.05) is 6.92 Å². The molecule has 0 bridgehead atoms. The van der Waals surface area contributed by atoms with Crippen molar-refractivity contribution >= 4 is 17.5 Å². The summed E-state index contributed by atoms with van der Waals surface area (Å²) in [7, 11) is 1.60. The predicted molar refractivity (Wildman–Crippen MR) is 78.8 cm³/mol. The summed E-state index contributed by atoms with van der Waals surface area (Å²) >= 11 is 0. The molecule has 0 aliphatic heterocycles. The van der Waals surface area contributed by atoms with E-state index in [1.54, 1.807) is 20.1 Å². The molecule has 1 rings (SSSR count). The zero-order chi connectivity index (χ0) is 14.8. The van der Waals surface area contributed by atoms with Crippen LogP contribution in [0.3, 0.4) is 0 Å². The van der Waals surface area contributed by atoms with Crippen molar-refractivity contribution in [3.05, 3.63) is 12.4 Å². The molecule has 0 aliphatic carbocycles. The number of anilines is 2. The maximum Gasteiger partial charge on any atom is 0.242 e. The Hall–Kier alpha value is -1.89. The van der Waals surface area contributed by atoms with Crippen LogP contribution in [-0.4, -0.2) is 48.7 Å². The van der Waals surface area contributed by atoms with Gasteiger partial charge in [0.05, 0.1) is 6.61 Å². The first-order valence-corrected chi connectivity index (χ1v) is 6.76. The number of carbonyl (C=O) groups is 1. The van der Waals surface area contributed by atoms with Gasteiger partial charge < -0.3 is 20.7 Å². The van der Waals surface area contributed by atoms with Gasteiger partial charge in [-0.15, -0.1) is 0 Å². The van der Waals surface area contributed by atoms with Crippen LogP contribution in [0.25, 0.3) is 0 Å². The van der Waals surface area contributed by atoms with Crippen molar-refractivity contribution in [1.29, 1.82) is 0 Å². The van der Waals surface area contributed by atoms with Crippen LogP contribution < -0.4 is 16.0 Å². The first kappa shape index (κ1) is 16.2.